The molecule has 0 atom stereocenters. The number of furan rings is 1. The first-order valence-electron chi connectivity index (χ1n) is 5.56. The summed E-state index contributed by atoms with van der Waals surface area (Å²) >= 11 is 1.95. The molecule has 20 heavy (non-hydrogen) atoms. The number of carbonyl (C=O) groups is 2. The number of halogens is 1. The van der Waals surface area contributed by atoms with Crippen molar-refractivity contribution in [3.63, 3.8) is 0 Å². The van der Waals surface area contributed by atoms with E-state index in [9.17, 15) is 14.7 Å². The van der Waals surface area contributed by atoms with Gasteiger partial charge in [-0.1, -0.05) is 0 Å². The van der Waals surface area contributed by atoms with Gasteiger partial charge in [-0.05, 0) is 52.9 Å². The summed E-state index contributed by atoms with van der Waals surface area (Å²) in [4.78, 5) is 22.5. The molecule has 0 spiro atoms. The van der Waals surface area contributed by atoms with Gasteiger partial charge in [-0.15, -0.1) is 0 Å². The summed E-state index contributed by atoms with van der Waals surface area (Å²) in [5.41, 5.74) is 0.313. The monoisotopic (exact) mass is 387 g/mol. The molecule has 104 valence electrons. The summed E-state index contributed by atoms with van der Waals surface area (Å²) < 4.78 is 5.66. The van der Waals surface area contributed by atoms with Crippen molar-refractivity contribution in [2.75, 3.05) is 0 Å². The molecule has 0 aliphatic heterocycles. The number of rotatable bonds is 4. The molecule has 0 fully saturated rings. The second kappa shape index (κ2) is 5.95. The molecule has 1 heterocycles. The molecule has 1 aromatic carbocycles. The largest absolute Gasteiger partial charge is 0.507 e. The zero-order valence-corrected chi connectivity index (χ0v) is 12.2. The number of amides is 1. The van der Waals surface area contributed by atoms with E-state index in [-0.39, 0.29) is 24.0 Å². The number of benzene rings is 1. The number of carbonyl (C=O) groups excluding carboxylic acids is 1. The fourth-order valence-electron chi connectivity index (χ4n) is 1.51. The Morgan fingerprint density at radius 2 is 2.00 bits per heavy atom. The maximum absolute atomic E-state index is 11.8. The molecule has 0 aliphatic rings. The van der Waals surface area contributed by atoms with Crippen molar-refractivity contribution >= 4 is 34.5 Å². The van der Waals surface area contributed by atoms with Gasteiger partial charge in [0.1, 0.15) is 11.5 Å². The van der Waals surface area contributed by atoms with Crippen LogP contribution in [0, 0.1) is 3.57 Å². The third-order valence-corrected chi connectivity index (χ3v) is 3.42. The molecule has 1 aromatic heterocycles. The SMILES string of the molecule is O=C(NCc1ccc(C(=O)O)o1)c1ccc(I)c(O)c1. The Hall–Kier alpha value is -2.03. The van der Waals surface area contributed by atoms with Crippen LogP contribution in [-0.2, 0) is 6.54 Å². The fraction of sp³-hybridized carbons (Fsp3) is 0.0769. The Morgan fingerprint density at radius 3 is 2.60 bits per heavy atom. The maximum Gasteiger partial charge on any atom is 0.371 e. The van der Waals surface area contributed by atoms with Crippen LogP contribution in [0.15, 0.2) is 34.7 Å². The van der Waals surface area contributed by atoms with Crippen molar-refractivity contribution in [3.05, 3.63) is 51.0 Å². The molecule has 0 aliphatic carbocycles. The summed E-state index contributed by atoms with van der Waals surface area (Å²) in [5, 5.41) is 20.8. The first-order chi connectivity index (χ1) is 9.47. The zero-order valence-electron chi connectivity index (χ0n) is 10.1. The molecule has 0 saturated carbocycles. The summed E-state index contributed by atoms with van der Waals surface area (Å²) in [5.74, 6) is -1.36. The number of aromatic hydroxyl groups is 1. The third-order valence-electron chi connectivity index (χ3n) is 2.50. The minimum atomic E-state index is -1.16. The standard InChI is InChI=1S/C13H10INO5/c14-9-3-1-7(5-10(9)16)12(17)15-6-8-2-4-11(20-8)13(18)19/h1-5,16H,6H2,(H,15,17)(H,18,19). The Kier molecular flexibility index (Phi) is 4.28. The van der Waals surface area contributed by atoms with Crippen LogP contribution in [-0.4, -0.2) is 22.1 Å². The van der Waals surface area contributed by atoms with Crippen molar-refractivity contribution in [2.24, 2.45) is 0 Å². The number of aromatic carboxylic acids is 1. The van der Waals surface area contributed by atoms with E-state index in [0.717, 1.165) is 0 Å². The zero-order chi connectivity index (χ0) is 14.7. The van der Waals surface area contributed by atoms with Gasteiger partial charge in [0.2, 0.25) is 5.76 Å². The van der Waals surface area contributed by atoms with Gasteiger partial charge < -0.3 is 19.9 Å². The van der Waals surface area contributed by atoms with Gasteiger partial charge in [0.25, 0.3) is 5.91 Å². The quantitative estimate of drug-likeness (QED) is 0.699. The van der Waals surface area contributed by atoms with Crippen LogP contribution in [0.5, 0.6) is 5.75 Å². The molecular formula is C13H10INO5. The third kappa shape index (κ3) is 3.29. The minimum absolute atomic E-state index is 0.0319. The highest BCUT2D eigenvalue weighted by atomic mass is 127. The van der Waals surface area contributed by atoms with E-state index in [0.29, 0.717) is 14.9 Å². The number of carboxylic acid groups (broad SMARTS) is 1. The molecular weight excluding hydrogens is 377 g/mol. The Labute approximate surface area is 127 Å². The van der Waals surface area contributed by atoms with Crippen LogP contribution >= 0.6 is 22.6 Å². The predicted molar refractivity (Wildman–Crippen MR) is 77.7 cm³/mol. The predicted octanol–water partition coefficient (Wildman–Crippen LogP) is 2.22. The van der Waals surface area contributed by atoms with Crippen molar-refractivity contribution in [1.82, 2.24) is 5.32 Å². The number of phenolic OH excluding ortho intramolecular Hbond substituents is 1. The summed E-state index contributed by atoms with van der Waals surface area (Å²) in [7, 11) is 0. The lowest BCUT2D eigenvalue weighted by molar-refractivity contribution is 0.0660. The second-order valence-corrected chi connectivity index (χ2v) is 5.08. The average Bonchev–Trinajstić information content (AvgIpc) is 2.88. The molecule has 6 nitrogen and oxygen atoms in total. The van der Waals surface area contributed by atoms with Gasteiger partial charge in [-0.3, -0.25) is 4.79 Å². The van der Waals surface area contributed by atoms with Crippen LogP contribution in [0.2, 0.25) is 0 Å². The molecule has 2 aromatic rings. The molecule has 3 N–H and O–H groups in total. The number of carboxylic acids is 1. The molecule has 0 bridgehead atoms. The van der Waals surface area contributed by atoms with Gasteiger partial charge in [0.15, 0.2) is 0 Å². The van der Waals surface area contributed by atoms with Crippen LogP contribution < -0.4 is 5.32 Å². The minimum Gasteiger partial charge on any atom is -0.507 e. The fourth-order valence-corrected chi connectivity index (χ4v) is 1.85. The molecule has 0 saturated heterocycles. The van der Waals surface area contributed by atoms with Crippen molar-refractivity contribution in [3.8, 4) is 5.75 Å². The van der Waals surface area contributed by atoms with Gasteiger partial charge in [0.05, 0.1) is 10.1 Å². The van der Waals surface area contributed by atoms with Gasteiger partial charge in [-0.25, -0.2) is 4.79 Å². The average molecular weight is 387 g/mol. The highest BCUT2D eigenvalue weighted by Gasteiger charge is 2.11. The van der Waals surface area contributed by atoms with Gasteiger partial charge in [-0.2, -0.15) is 0 Å². The van der Waals surface area contributed by atoms with E-state index in [2.05, 4.69) is 5.32 Å². The normalized spacial score (nSPS) is 10.2. The van der Waals surface area contributed by atoms with Gasteiger partial charge in [0, 0.05) is 5.56 Å². The number of nitrogens with one attached hydrogen (secondary N) is 1. The van der Waals surface area contributed by atoms with Crippen molar-refractivity contribution in [1.29, 1.82) is 0 Å². The molecule has 0 radical (unpaired) electrons. The Morgan fingerprint density at radius 1 is 1.25 bits per heavy atom. The summed E-state index contributed by atoms with van der Waals surface area (Å²) in [6.45, 7) is 0.0683. The Balaban J connectivity index is 2.00. The summed E-state index contributed by atoms with van der Waals surface area (Å²) in [6.07, 6.45) is 0. The number of hydrogen-bond acceptors (Lipinski definition) is 4. The van der Waals surface area contributed by atoms with E-state index >= 15 is 0 Å². The maximum atomic E-state index is 11.8. The lowest BCUT2D eigenvalue weighted by Gasteiger charge is -2.04. The van der Waals surface area contributed by atoms with Crippen molar-refractivity contribution < 1.29 is 24.2 Å². The second-order valence-electron chi connectivity index (χ2n) is 3.92. The van der Waals surface area contributed by atoms with Gasteiger partial charge >= 0.3 is 5.97 Å². The van der Waals surface area contributed by atoms with E-state index in [1.54, 1.807) is 12.1 Å². The number of hydrogen-bond donors (Lipinski definition) is 3. The molecule has 0 unspecified atom stereocenters. The molecule has 1 amide bonds. The van der Waals surface area contributed by atoms with E-state index in [1.807, 2.05) is 22.6 Å². The molecule has 7 heteroatoms. The van der Waals surface area contributed by atoms with E-state index in [4.69, 9.17) is 9.52 Å². The highest BCUT2D eigenvalue weighted by Crippen LogP contribution is 2.20. The Bertz CT molecular complexity index is 665. The smallest absolute Gasteiger partial charge is 0.371 e. The lowest BCUT2D eigenvalue weighted by Crippen LogP contribution is -2.22. The van der Waals surface area contributed by atoms with E-state index < -0.39 is 5.97 Å². The van der Waals surface area contributed by atoms with Crippen LogP contribution in [0.4, 0.5) is 0 Å². The summed E-state index contributed by atoms with van der Waals surface area (Å²) in [6, 6.07) is 7.37. The number of phenols is 1. The first-order valence-corrected chi connectivity index (χ1v) is 6.64. The lowest BCUT2D eigenvalue weighted by atomic mass is 10.2. The first kappa shape index (κ1) is 14.4. The van der Waals surface area contributed by atoms with Crippen LogP contribution in [0.25, 0.3) is 0 Å². The van der Waals surface area contributed by atoms with Crippen molar-refractivity contribution in [2.45, 2.75) is 6.54 Å². The van der Waals surface area contributed by atoms with Crippen LogP contribution in [0.1, 0.15) is 26.7 Å². The van der Waals surface area contributed by atoms with Crippen LogP contribution in [0.3, 0.4) is 0 Å². The molecule has 2 rings (SSSR count). The van der Waals surface area contributed by atoms with E-state index in [1.165, 1.54) is 18.2 Å². The highest BCUT2D eigenvalue weighted by molar-refractivity contribution is 14.1. The topological polar surface area (TPSA) is 99.8 Å².